The molecule has 0 fully saturated rings. The minimum atomic E-state index is -0.231. The SMILES string of the molecule is C=C(O)C(C)(C)CCCOc1cc(C)ccc1C. The van der Waals surface area contributed by atoms with Crippen molar-refractivity contribution in [3.05, 3.63) is 41.7 Å². The van der Waals surface area contributed by atoms with Crippen LogP contribution in [0.25, 0.3) is 0 Å². The number of allylic oxidation sites excluding steroid dienone is 1. The summed E-state index contributed by atoms with van der Waals surface area (Å²) in [6.45, 7) is 12.4. The van der Waals surface area contributed by atoms with E-state index in [9.17, 15) is 5.11 Å². The van der Waals surface area contributed by atoms with Gasteiger partial charge >= 0.3 is 0 Å². The van der Waals surface area contributed by atoms with Crippen LogP contribution < -0.4 is 4.74 Å². The Labute approximate surface area is 110 Å². The topological polar surface area (TPSA) is 29.5 Å². The van der Waals surface area contributed by atoms with Gasteiger partial charge in [-0.1, -0.05) is 32.6 Å². The van der Waals surface area contributed by atoms with Gasteiger partial charge in [-0.05, 0) is 43.9 Å². The van der Waals surface area contributed by atoms with Gasteiger partial charge in [0.2, 0.25) is 0 Å². The van der Waals surface area contributed by atoms with E-state index in [1.807, 2.05) is 20.8 Å². The first-order valence-electron chi connectivity index (χ1n) is 6.41. The van der Waals surface area contributed by atoms with Crippen LogP contribution in [0.5, 0.6) is 5.75 Å². The maximum atomic E-state index is 9.44. The second-order valence-electron chi connectivity index (χ2n) is 5.55. The number of hydrogen-bond donors (Lipinski definition) is 1. The fraction of sp³-hybridized carbons (Fsp3) is 0.500. The third kappa shape index (κ3) is 4.10. The van der Waals surface area contributed by atoms with Crippen molar-refractivity contribution < 1.29 is 9.84 Å². The van der Waals surface area contributed by atoms with Crippen molar-refractivity contribution in [1.29, 1.82) is 0 Å². The van der Waals surface area contributed by atoms with E-state index in [0.29, 0.717) is 6.61 Å². The highest BCUT2D eigenvalue weighted by molar-refractivity contribution is 5.35. The standard InChI is InChI=1S/C16H24O2/c1-12-7-8-13(2)15(11-12)18-10-6-9-16(4,5)14(3)17/h7-8,11,17H,3,6,9-10H2,1-2,4-5H3. The Bertz CT molecular complexity index is 419. The molecule has 2 nitrogen and oxygen atoms in total. The Kier molecular flexibility index (Phi) is 4.83. The van der Waals surface area contributed by atoms with Gasteiger partial charge < -0.3 is 9.84 Å². The van der Waals surface area contributed by atoms with E-state index in [-0.39, 0.29) is 11.2 Å². The Morgan fingerprint density at radius 2 is 2.00 bits per heavy atom. The number of aryl methyl sites for hydroxylation is 2. The van der Waals surface area contributed by atoms with Gasteiger partial charge in [0.05, 0.1) is 12.4 Å². The minimum Gasteiger partial charge on any atom is -0.512 e. The predicted molar refractivity (Wildman–Crippen MR) is 76.2 cm³/mol. The average molecular weight is 248 g/mol. The number of aliphatic hydroxyl groups is 1. The smallest absolute Gasteiger partial charge is 0.122 e. The van der Waals surface area contributed by atoms with Gasteiger partial charge in [0.15, 0.2) is 0 Å². The summed E-state index contributed by atoms with van der Waals surface area (Å²) in [6.07, 6.45) is 1.77. The molecule has 100 valence electrons. The molecule has 18 heavy (non-hydrogen) atoms. The second kappa shape index (κ2) is 5.94. The van der Waals surface area contributed by atoms with Crippen LogP contribution in [0.4, 0.5) is 0 Å². The molecular formula is C16H24O2. The molecule has 0 saturated carbocycles. The lowest BCUT2D eigenvalue weighted by molar-refractivity contribution is 0.219. The van der Waals surface area contributed by atoms with Crippen molar-refractivity contribution >= 4 is 0 Å². The van der Waals surface area contributed by atoms with E-state index in [4.69, 9.17) is 4.74 Å². The van der Waals surface area contributed by atoms with Crippen molar-refractivity contribution in [3.63, 3.8) is 0 Å². The van der Waals surface area contributed by atoms with Gasteiger partial charge in [0, 0.05) is 5.41 Å². The quantitative estimate of drug-likeness (QED) is 0.590. The third-order valence-corrected chi connectivity index (χ3v) is 3.33. The zero-order valence-electron chi connectivity index (χ0n) is 11.9. The number of aliphatic hydroxyl groups excluding tert-OH is 1. The third-order valence-electron chi connectivity index (χ3n) is 3.33. The summed E-state index contributed by atoms with van der Waals surface area (Å²) < 4.78 is 5.78. The summed E-state index contributed by atoms with van der Waals surface area (Å²) >= 11 is 0. The molecule has 0 heterocycles. The van der Waals surface area contributed by atoms with Crippen molar-refractivity contribution in [2.24, 2.45) is 5.41 Å². The highest BCUT2D eigenvalue weighted by Gasteiger charge is 2.20. The van der Waals surface area contributed by atoms with Gasteiger partial charge in [0.1, 0.15) is 5.75 Å². The molecule has 0 aromatic heterocycles. The van der Waals surface area contributed by atoms with Gasteiger partial charge in [-0.25, -0.2) is 0 Å². The Morgan fingerprint density at radius 1 is 1.33 bits per heavy atom. The Morgan fingerprint density at radius 3 is 2.61 bits per heavy atom. The molecule has 0 bridgehead atoms. The van der Waals surface area contributed by atoms with E-state index in [2.05, 4.69) is 31.7 Å². The molecule has 0 spiro atoms. The van der Waals surface area contributed by atoms with Gasteiger partial charge in [-0.2, -0.15) is 0 Å². The van der Waals surface area contributed by atoms with Crippen molar-refractivity contribution in [2.75, 3.05) is 6.61 Å². The molecule has 0 aliphatic heterocycles. The fourth-order valence-corrected chi connectivity index (χ4v) is 1.70. The lowest BCUT2D eigenvalue weighted by Crippen LogP contribution is -2.15. The number of rotatable bonds is 6. The maximum Gasteiger partial charge on any atom is 0.122 e. The molecule has 0 aliphatic carbocycles. The highest BCUT2D eigenvalue weighted by Crippen LogP contribution is 2.28. The number of ether oxygens (including phenoxy) is 1. The highest BCUT2D eigenvalue weighted by atomic mass is 16.5. The van der Waals surface area contributed by atoms with Crippen LogP contribution in [-0.2, 0) is 0 Å². The first-order chi connectivity index (χ1) is 8.33. The molecule has 1 aromatic carbocycles. The normalized spacial score (nSPS) is 11.3. The summed E-state index contributed by atoms with van der Waals surface area (Å²) in [7, 11) is 0. The van der Waals surface area contributed by atoms with Crippen LogP contribution >= 0.6 is 0 Å². The van der Waals surface area contributed by atoms with E-state index < -0.39 is 0 Å². The molecular weight excluding hydrogens is 224 g/mol. The first-order valence-corrected chi connectivity index (χ1v) is 6.41. The fourth-order valence-electron chi connectivity index (χ4n) is 1.70. The second-order valence-corrected chi connectivity index (χ2v) is 5.55. The molecule has 0 aliphatic rings. The van der Waals surface area contributed by atoms with Crippen LogP contribution in [-0.4, -0.2) is 11.7 Å². The molecule has 0 radical (unpaired) electrons. The maximum absolute atomic E-state index is 9.44. The summed E-state index contributed by atoms with van der Waals surface area (Å²) in [5.41, 5.74) is 2.14. The number of benzene rings is 1. The zero-order chi connectivity index (χ0) is 13.8. The average Bonchev–Trinajstić information content (AvgIpc) is 2.28. The van der Waals surface area contributed by atoms with E-state index in [1.165, 1.54) is 5.56 Å². The summed E-state index contributed by atoms with van der Waals surface area (Å²) in [5.74, 6) is 1.20. The number of hydrogen-bond acceptors (Lipinski definition) is 2. The molecule has 0 saturated heterocycles. The van der Waals surface area contributed by atoms with E-state index in [0.717, 1.165) is 24.2 Å². The van der Waals surface area contributed by atoms with Crippen molar-refractivity contribution in [3.8, 4) is 5.75 Å². The summed E-state index contributed by atoms with van der Waals surface area (Å²) in [6, 6.07) is 6.22. The Balaban J connectivity index is 2.43. The van der Waals surface area contributed by atoms with E-state index >= 15 is 0 Å². The van der Waals surface area contributed by atoms with Crippen LogP contribution in [0, 0.1) is 19.3 Å². The molecule has 1 rings (SSSR count). The monoisotopic (exact) mass is 248 g/mol. The summed E-state index contributed by atoms with van der Waals surface area (Å²) in [4.78, 5) is 0. The minimum absolute atomic E-state index is 0.231. The first kappa shape index (κ1) is 14.6. The Hall–Kier alpha value is -1.44. The van der Waals surface area contributed by atoms with Gasteiger partial charge in [0.25, 0.3) is 0 Å². The molecule has 1 aromatic rings. The summed E-state index contributed by atoms with van der Waals surface area (Å²) in [5, 5.41) is 9.44. The van der Waals surface area contributed by atoms with Crippen molar-refractivity contribution in [1.82, 2.24) is 0 Å². The van der Waals surface area contributed by atoms with E-state index in [1.54, 1.807) is 0 Å². The molecule has 0 amide bonds. The molecule has 2 heteroatoms. The predicted octanol–water partition coefficient (Wildman–Crippen LogP) is 4.56. The van der Waals surface area contributed by atoms with Crippen LogP contribution in [0.15, 0.2) is 30.5 Å². The lowest BCUT2D eigenvalue weighted by atomic mass is 9.86. The van der Waals surface area contributed by atoms with Gasteiger partial charge in [-0.15, -0.1) is 0 Å². The van der Waals surface area contributed by atoms with Gasteiger partial charge in [-0.3, -0.25) is 0 Å². The molecule has 1 N–H and O–H groups in total. The van der Waals surface area contributed by atoms with Crippen molar-refractivity contribution in [2.45, 2.75) is 40.5 Å². The lowest BCUT2D eigenvalue weighted by Gasteiger charge is -2.23. The molecule has 0 atom stereocenters. The zero-order valence-corrected chi connectivity index (χ0v) is 11.9. The van der Waals surface area contributed by atoms with Crippen LogP contribution in [0.3, 0.4) is 0 Å². The molecule has 0 unspecified atom stereocenters. The van der Waals surface area contributed by atoms with Crippen LogP contribution in [0.2, 0.25) is 0 Å². The van der Waals surface area contributed by atoms with Crippen LogP contribution in [0.1, 0.15) is 37.8 Å². The largest absolute Gasteiger partial charge is 0.512 e.